The van der Waals surface area contributed by atoms with Crippen molar-refractivity contribution >= 4 is 11.6 Å². The number of hydrogen-bond donors (Lipinski definition) is 1. The molecular formula is C16H12F4N2O. The van der Waals surface area contributed by atoms with Crippen molar-refractivity contribution in [1.29, 1.82) is 0 Å². The number of rotatable bonds is 2. The van der Waals surface area contributed by atoms with E-state index in [0.29, 0.717) is 12.2 Å². The highest BCUT2D eigenvalue weighted by Crippen LogP contribution is 2.42. The Morgan fingerprint density at radius 1 is 1.17 bits per heavy atom. The van der Waals surface area contributed by atoms with Crippen LogP contribution in [0.1, 0.15) is 24.3 Å². The second-order valence-corrected chi connectivity index (χ2v) is 5.35. The minimum atomic E-state index is -2.86. The lowest BCUT2D eigenvalue weighted by Crippen LogP contribution is -2.40. The van der Waals surface area contributed by atoms with Crippen LogP contribution in [0.3, 0.4) is 0 Å². The van der Waals surface area contributed by atoms with E-state index in [2.05, 4.69) is 5.10 Å². The molecule has 0 bridgehead atoms. The molecule has 2 unspecified atom stereocenters. The van der Waals surface area contributed by atoms with Gasteiger partial charge in [0.15, 0.2) is 0 Å². The minimum Gasteiger partial charge on any atom is -0.273 e. The number of nitrogens with zero attached hydrogens (tertiary/aromatic N) is 1. The van der Waals surface area contributed by atoms with E-state index < -0.39 is 35.0 Å². The van der Waals surface area contributed by atoms with Crippen LogP contribution < -0.4 is 5.43 Å². The summed E-state index contributed by atoms with van der Waals surface area (Å²) in [6.45, 7) is 0. The summed E-state index contributed by atoms with van der Waals surface area (Å²) in [6.07, 6.45) is 0.962. The van der Waals surface area contributed by atoms with Gasteiger partial charge in [-0.05, 0) is 18.2 Å². The third-order valence-corrected chi connectivity index (χ3v) is 3.86. The van der Waals surface area contributed by atoms with Gasteiger partial charge in [0, 0.05) is 18.4 Å². The molecule has 1 heterocycles. The van der Waals surface area contributed by atoms with E-state index in [1.165, 1.54) is 18.2 Å². The lowest BCUT2D eigenvalue weighted by atomic mass is 9.83. The lowest BCUT2D eigenvalue weighted by Gasteiger charge is -2.29. The number of amides is 1. The molecule has 120 valence electrons. The van der Waals surface area contributed by atoms with Gasteiger partial charge in [-0.2, -0.15) is 5.10 Å². The Balaban J connectivity index is 1.99. The van der Waals surface area contributed by atoms with Crippen LogP contribution >= 0.6 is 0 Å². The fourth-order valence-corrected chi connectivity index (χ4v) is 2.62. The molecule has 1 aromatic rings. The summed E-state index contributed by atoms with van der Waals surface area (Å²) >= 11 is 0. The van der Waals surface area contributed by atoms with E-state index >= 15 is 0 Å². The molecule has 1 aromatic carbocycles. The van der Waals surface area contributed by atoms with Crippen molar-refractivity contribution in [3.8, 4) is 0 Å². The van der Waals surface area contributed by atoms with E-state index in [1.54, 1.807) is 0 Å². The predicted octanol–water partition coefficient (Wildman–Crippen LogP) is 3.60. The quantitative estimate of drug-likeness (QED) is 0.830. The SMILES string of the molecule is O=C1CCC(C2(F)C=C(F)C(c3ccccc3F)C=C2F)=NN1. The number of benzene rings is 1. The number of alkyl halides is 1. The van der Waals surface area contributed by atoms with Crippen molar-refractivity contribution in [3.05, 3.63) is 59.5 Å². The van der Waals surface area contributed by atoms with Gasteiger partial charge in [-0.15, -0.1) is 0 Å². The number of nitrogens with one attached hydrogen (secondary N) is 1. The molecule has 0 aromatic heterocycles. The minimum absolute atomic E-state index is 0.0655. The fraction of sp³-hybridized carbons (Fsp3) is 0.250. The van der Waals surface area contributed by atoms with E-state index in [-0.39, 0.29) is 24.1 Å². The van der Waals surface area contributed by atoms with E-state index in [1.807, 2.05) is 5.43 Å². The molecule has 1 amide bonds. The molecule has 0 radical (unpaired) electrons. The Hall–Kier alpha value is -2.44. The lowest BCUT2D eigenvalue weighted by molar-refractivity contribution is -0.121. The van der Waals surface area contributed by atoms with Crippen molar-refractivity contribution in [2.24, 2.45) is 5.10 Å². The standard InChI is InChI=1S/C16H12F4N2O/c17-11-4-2-1-3-9(11)10-7-13(19)16(20,8-12(10)18)14-5-6-15(23)22-21-14/h1-4,7-8,10H,5-6H2,(H,22,23). The summed E-state index contributed by atoms with van der Waals surface area (Å²) in [5.41, 5.74) is -1.23. The predicted molar refractivity (Wildman–Crippen MR) is 76.2 cm³/mol. The molecule has 0 fully saturated rings. The van der Waals surface area contributed by atoms with Gasteiger partial charge in [-0.3, -0.25) is 4.79 Å². The van der Waals surface area contributed by atoms with Gasteiger partial charge < -0.3 is 0 Å². The summed E-state index contributed by atoms with van der Waals surface area (Å²) in [5.74, 6) is -4.76. The summed E-state index contributed by atoms with van der Waals surface area (Å²) in [6, 6.07) is 5.32. The van der Waals surface area contributed by atoms with Gasteiger partial charge in [0.05, 0.1) is 11.6 Å². The van der Waals surface area contributed by atoms with Crippen molar-refractivity contribution in [2.45, 2.75) is 24.4 Å². The van der Waals surface area contributed by atoms with Crippen LogP contribution in [0.5, 0.6) is 0 Å². The molecule has 1 aliphatic carbocycles. The molecule has 2 aliphatic rings. The normalized spacial score (nSPS) is 27.7. The van der Waals surface area contributed by atoms with Gasteiger partial charge in [0.25, 0.3) is 0 Å². The Bertz CT molecular complexity index is 756. The van der Waals surface area contributed by atoms with Crippen molar-refractivity contribution < 1.29 is 22.4 Å². The van der Waals surface area contributed by atoms with Crippen molar-refractivity contribution in [1.82, 2.24) is 5.43 Å². The van der Waals surface area contributed by atoms with Gasteiger partial charge in [-0.1, -0.05) is 18.2 Å². The van der Waals surface area contributed by atoms with Crippen LogP contribution in [0.4, 0.5) is 17.6 Å². The van der Waals surface area contributed by atoms with Crippen LogP contribution in [0.25, 0.3) is 0 Å². The van der Waals surface area contributed by atoms with Crippen molar-refractivity contribution in [3.63, 3.8) is 0 Å². The molecule has 0 saturated heterocycles. The zero-order valence-corrected chi connectivity index (χ0v) is 11.8. The number of halogens is 4. The number of allylic oxidation sites excluding steroid dienone is 4. The van der Waals surface area contributed by atoms with Crippen LogP contribution in [0.15, 0.2) is 53.2 Å². The first-order valence-corrected chi connectivity index (χ1v) is 6.97. The molecular weight excluding hydrogens is 312 g/mol. The van der Waals surface area contributed by atoms with Gasteiger partial charge >= 0.3 is 0 Å². The molecule has 3 rings (SSSR count). The fourth-order valence-electron chi connectivity index (χ4n) is 2.62. The number of hydrazone groups is 1. The molecule has 0 spiro atoms. The summed E-state index contributed by atoms with van der Waals surface area (Å²) in [5, 5.41) is 3.48. The topological polar surface area (TPSA) is 41.5 Å². The Morgan fingerprint density at radius 3 is 2.57 bits per heavy atom. The highest BCUT2D eigenvalue weighted by atomic mass is 19.2. The Morgan fingerprint density at radius 2 is 1.91 bits per heavy atom. The van der Waals surface area contributed by atoms with Crippen LogP contribution in [0.2, 0.25) is 0 Å². The van der Waals surface area contributed by atoms with Crippen LogP contribution in [-0.2, 0) is 4.79 Å². The Kier molecular flexibility index (Phi) is 3.79. The molecule has 7 heteroatoms. The third kappa shape index (κ3) is 2.67. The summed E-state index contributed by atoms with van der Waals surface area (Å²) in [4.78, 5) is 11.0. The monoisotopic (exact) mass is 324 g/mol. The van der Waals surface area contributed by atoms with Crippen LogP contribution in [0, 0.1) is 5.82 Å². The first kappa shape index (κ1) is 15.5. The molecule has 1 aliphatic heterocycles. The highest BCUT2D eigenvalue weighted by molar-refractivity contribution is 6.01. The molecule has 0 saturated carbocycles. The zero-order valence-electron chi connectivity index (χ0n) is 11.8. The van der Waals surface area contributed by atoms with Gasteiger partial charge in [-0.25, -0.2) is 23.0 Å². The van der Waals surface area contributed by atoms with E-state index in [9.17, 15) is 22.4 Å². The number of carbonyl (C=O) groups is 1. The molecule has 2 atom stereocenters. The molecule has 23 heavy (non-hydrogen) atoms. The second kappa shape index (κ2) is 5.64. The number of hydrogen-bond acceptors (Lipinski definition) is 2. The van der Waals surface area contributed by atoms with Gasteiger partial charge in [0.1, 0.15) is 17.5 Å². The maximum Gasteiger partial charge on any atom is 0.240 e. The second-order valence-electron chi connectivity index (χ2n) is 5.35. The highest BCUT2D eigenvalue weighted by Gasteiger charge is 2.45. The summed E-state index contributed by atoms with van der Waals surface area (Å²) < 4.78 is 57.3. The first-order chi connectivity index (χ1) is 10.9. The first-order valence-electron chi connectivity index (χ1n) is 6.97. The van der Waals surface area contributed by atoms with Crippen LogP contribution in [-0.4, -0.2) is 17.3 Å². The Labute approximate surface area is 129 Å². The summed E-state index contributed by atoms with van der Waals surface area (Å²) in [7, 11) is 0. The van der Waals surface area contributed by atoms with Gasteiger partial charge in [0.2, 0.25) is 11.6 Å². The smallest absolute Gasteiger partial charge is 0.240 e. The average Bonchev–Trinajstić information content (AvgIpc) is 2.52. The number of carbonyl (C=O) groups excluding carboxylic acids is 1. The average molecular weight is 324 g/mol. The molecule has 1 N–H and O–H groups in total. The maximum atomic E-state index is 14.9. The third-order valence-electron chi connectivity index (χ3n) is 3.86. The maximum absolute atomic E-state index is 14.9. The van der Waals surface area contributed by atoms with Crippen molar-refractivity contribution in [2.75, 3.05) is 0 Å². The van der Waals surface area contributed by atoms with E-state index in [0.717, 1.165) is 6.07 Å². The molecule has 3 nitrogen and oxygen atoms in total. The van der Waals surface area contributed by atoms with E-state index in [4.69, 9.17) is 0 Å². The zero-order chi connectivity index (χ0) is 16.6. The largest absolute Gasteiger partial charge is 0.273 e.